The molecule has 0 unspecified atom stereocenters. The Labute approximate surface area is 141 Å². The molecule has 1 N–H and O–H groups in total. The van der Waals surface area contributed by atoms with Gasteiger partial charge in [0.2, 0.25) is 5.96 Å². The Morgan fingerprint density at radius 1 is 1.04 bits per heavy atom. The van der Waals surface area contributed by atoms with Gasteiger partial charge in [0.1, 0.15) is 6.61 Å². The molecule has 126 valence electrons. The fourth-order valence-electron chi connectivity index (χ4n) is 2.43. The van der Waals surface area contributed by atoms with Crippen LogP contribution in [0.3, 0.4) is 0 Å². The summed E-state index contributed by atoms with van der Waals surface area (Å²) in [5, 5.41) is 5.05. The minimum Gasteiger partial charge on any atom is -0.493 e. The van der Waals surface area contributed by atoms with Crippen LogP contribution in [0.4, 0.5) is 5.69 Å². The van der Waals surface area contributed by atoms with Crippen molar-refractivity contribution < 1.29 is 14.3 Å². The van der Waals surface area contributed by atoms with Gasteiger partial charge in [-0.1, -0.05) is 30.3 Å². The maximum absolute atomic E-state index is 5.86. The normalized spacial score (nSPS) is 13.6. The Bertz CT molecular complexity index is 704. The van der Waals surface area contributed by atoms with Crippen molar-refractivity contribution in [1.82, 2.24) is 5.06 Å². The maximum atomic E-state index is 5.86. The van der Waals surface area contributed by atoms with Crippen LogP contribution in [0, 0.1) is 0 Å². The summed E-state index contributed by atoms with van der Waals surface area (Å²) in [5.74, 6) is 2.05. The molecule has 6 nitrogen and oxygen atoms in total. The van der Waals surface area contributed by atoms with E-state index in [9.17, 15) is 0 Å². The van der Waals surface area contributed by atoms with Crippen LogP contribution in [-0.4, -0.2) is 38.3 Å². The number of nitrogens with one attached hydrogen (secondary N) is 1. The molecule has 0 aliphatic carbocycles. The summed E-state index contributed by atoms with van der Waals surface area (Å²) in [5.41, 5.74) is 1.98. The van der Waals surface area contributed by atoms with Gasteiger partial charge in [-0.3, -0.25) is 4.84 Å². The summed E-state index contributed by atoms with van der Waals surface area (Å²) in [7, 11) is 3.23. The third-order valence-corrected chi connectivity index (χ3v) is 3.67. The molecule has 0 saturated carbocycles. The Kier molecular flexibility index (Phi) is 5.18. The van der Waals surface area contributed by atoms with Gasteiger partial charge in [0.15, 0.2) is 11.5 Å². The van der Waals surface area contributed by atoms with Crippen LogP contribution in [0.15, 0.2) is 53.5 Å². The molecule has 0 amide bonds. The first-order valence-electron chi connectivity index (χ1n) is 7.78. The summed E-state index contributed by atoms with van der Waals surface area (Å²) in [4.78, 5) is 10.3. The van der Waals surface area contributed by atoms with Crippen molar-refractivity contribution in [1.29, 1.82) is 0 Å². The van der Waals surface area contributed by atoms with Gasteiger partial charge in [-0.25, -0.2) is 10.1 Å². The van der Waals surface area contributed by atoms with E-state index in [0.717, 1.165) is 17.8 Å². The van der Waals surface area contributed by atoms with Crippen molar-refractivity contribution in [3.05, 3.63) is 54.1 Å². The number of anilines is 1. The molecule has 6 heteroatoms. The Morgan fingerprint density at radius 2 is 1.83 bits per heavy atom. The number of benzene rings is 2. The van der Waals surface area contributed by atoms with Gasteiger partial charge in [-0.15, -0.1) is 0 Å². The Balaban J connectivity index is 1.63. The first-order valence-corrected chi connectivity index (χ1v) is 7.78. The highest BCUT2D eigenvalue weighted by Crippen LogP contribution is 2.30. The van der Waals surface area contributed by atoms with E-state index < -0.39 is 0 Å². The zero-order chi connectivity index (χ0) is 16.8. The second-order valence-electron chi connectivity index (χ2n) is 5.26. The highest BCUT2D eigenvalue weighted by atomic mass is 16.7. The lowest BCUT2D eigenvalue weighted by atomic mass is 10.2. The van der Waals surface area contributed by atoms with Crippen LogP contribution in [0.1, 0.15) is 5.56 Å². The molecule has 0 fully saturated rings. The monoisotopic (exact) mass is 327 g/mol. The molecule has 0 bridgehead atoms. The lowest BCUT2D eigenvalue weighted by molar-refractivity contribution is -0.103. The fourth-order valence-corrected chi connectivity index (χ4v) is 2.43. The minimum absolute atomic E-state index is 0.507. The van der Waals surface area contributed by atoms with E-state index in [4.69, 9.17) is 14.3 Å². The third kappa shape index (κ3) is 3.78. The summed E-state index contributed by atoms with van der Waals surface area (Å²) in [6.45, 7) is 1.93. The molecule has 3 rings (SSSR count). The lowest BCUT2D eigenvalue weighted by Gasteiger charge is -2.21. The van der Waals surface area contributed by atoms with Crippen LogP contribution >= 0.6 is 0 Å². The van der Waals surface area contributed by atoms with Gasteiger partial charge in [-0.05, 0) is 17.7 Å². The largest absolute Gasteiger partial charge is 0.493 e. The van der Waals surface area contributed by atoms with Crippen LogP contribution in [0.25, 0.3) is 0 Å². The van der Waals surface area contributed by atoms with E-state index in [1.54, 1.807) is 19.3 Å². The molecular weight excluding hydrogens is 306 g/mol. The quantitative estimate of drug-likeness (QED) is 0.884. The average Bonchev–Trinajstić information content (AvgIpc) is 3.07. The van der Waals surface area contributed by atoms with Crippen LogP contribution < -0.4 is 14.8 Å². The topological polar surface area (TPSA) is 55.3 Å². The van der Waals surface area contributed by atoms with E-state index in [-0.39, 0.29) is 0 Å². The molecular formula is C18H21N3O3. The summed E-state index contributed by atoms with van der Waals surface area (Å²) < 4.78 is 10.6. The van der Waals surface area contributed by atoms with Gasteiger partial charge in [0.25, 0.3) is 0 Å². The van der Waals surface area contributed by atoms with E-state index >= 15 is 0 Å². The van der Waals surface area contributed by atoms with Crippen LogP contribution in [0.2, 0.25) is 0 Å². The van der Waals surface area contributed by atoms with E-state index in [0.29, 0.717) is 30.6 Å². The molecule has 2 aromatic rings. The molecule has 0 atom stereocenters. The van der Waals surface area contributed by atoms with Gasteiger partial charge in [-0.2, -0.15) is 0 Å². The molecule has 24 heavy (non-hydrogen) atoms. The van der Waals surface area contributed by atoms with Crippen molar-refractivity contribution in [2.75, 3.05) is 32.6 Å². The number of hydrogen-bond donors (Lipinski definition) is 1. The van der Waals surface area contributed by atoms with Crippen LogP contribution in [0.5, 0.6) is 11.5 Å². The molecule has 1 heterocycles. The zero-order valence-corrected chi connectivity index (χ0v) is 13.9. The summed E-state index contributed by atoms with van der Waals surface area (Å²) in [6.07, 6.45) is 0. The van der Waals surface area contributed by atoms with Crippen molar-refractivity contribution in [2.24, 2.45) is 4.99 Å². The van der Waals surface area contributed by atoms with Crippen LogP contribution in [-0.2, 0) is 11.4 Å². The summed E-state index contributed by atoms with van der Waals surface area (Å²) >= 11 is 0. The number of rotatable bonds is 6. The molecule has 1 aliphatic heterocycles. The van der Waals surface area contributed by atoms with E-state index in [1.165, 1.54) is 0 Å². The maximum Gasteiger partial charge on any atom is 0.223 e. The Hall–Kier alpha value is -2.73. The first-order chi connectivity index (χ1) is 11.8. The zero-order valence-electron chi connectivity index (χ0n) is 13.9. The number of hydroxylamine groups is 2. The highest BCUT2D eigenvalue weighted by molar-refractivity contribution is 5.94. The smallest absolute Gasteiger partial charge is 0.223 e. The second-order valence-corrected chi connectivity index (χ2v) is 5.26. The van der Waals surface area contributed by atoms with E-state index in [2.05, 4.69) is 10.3 Å². The predicted octanol–water partition coefficient (Wildman–Crippen LogP) is 2.92. The standard InChI is InChI=1S/C18H21N3O3/c1-22-16-9-8-15(12-17(16)23-2)20-18-19-10-11-21(18)24-13-14-6-4-3-5-7-14/h3-9,12H,10-11,13H2,1-2H3,(H,19,20). The van der Waals surface area contributed by atoms with E-state index in [1.807, 2.05) is 48.5 Å². The molecule has 0 radical (unpaired) electrons. The average molecular weight is 327 g/mol. The number of hydrogen-bond acceptors (Lipinski definition) is 6. The molecule has 2 aromatic carbocycles. The van der Waals surface area contributed by atoms with Crippen molar-refractivity contribution in [3.8, 4) is 11.5 Å². The van der Waals surface area contributed by atoms with Gasteiger partial charge >= 0.3 is 0 Å². The lowest BCUT2D eigenvalue weighted by Crippen LogP contribution is -2.33. The van der Waals surface area contributed by atoms with Gasteiger partial charge in [0.05, 0.1) is 27.3 Å². The molecule has 0 saturated heterocycles. The number of aliphatic imine (C=N–C) groups is 1. The summed E-state index contributed by atoms with van der Waals surface area (Å²) in [6, 6.07) is 15.7. The number of methoxy groups -OCH3 is 2. The number of guanidine groups is 1. The van der Waals surface area contributed by atoms with Crippen molar-refractivity contribution >= 4 is 11.6 Å². The van der Waals surface area contributed by atoms with Crippen molar-refractivity contribution in [3.63, 3.8) is 0 Å². The number of ether oxygens (including phenoxy) is 2. The molecule has 0 aromatic heterocycles. The third-order valence-electron chi connectivity index (χ3n) is 3.67. The SMILES string of the molecule is COc1ccc(NC2=NCCN2OCc2ccccc2)cc1OC. The highest BCUT2D eigenvalue weighted by Gasteiger charge is 2.18. The minimum atomic E-state index is 0.507. The molecule has 0 spiro atoms. The first kappa shape index (κ1) is 16.1. The van der Waals surface area contributed by atoms with Gasteiger partial charge in [0, 0.05) is 11.8 Å². The second kappa shape index (κ2) is 7.70. The number of nitrogens with zero attached hydrogens (tertiary/aromatic N) is 2. The van der Waals surface area contributed by atoms with Gasteiger partial charge < -0.3 is 14.8 Å². The van der Waals surface area contributed by atoms with Crippen molar-refractivity contribution in [2.45, 2.75) is 6.61 Å². The Morgan fingerprint density at radius 3 is 2.58 bits per heavy atom. The fraction of sp³-hybridized carbons (Fsp3) is 0.278. The predicted molar refractivity (Wildman–Crippen MR) is 93.4 cm³/mol. The molecule has 1 aliphatic rings.